The van der Waals surface area contributed by atoms with Crippen molar-refractivity contribution < 1.29 is 23.9 Å². The molecule has 1 amide bonds. The summed E-state index contributed by atoms with van der Waals surface area (Å²) in [4.78, 5) is 33.0. The lowest BCUT2D eigenvalue weighted by atomic mass is 10.1. The summed E-state index contributed by atoms with van der Waals surface area (Å²) in [5.41, 5.74) is 0.543. The standard InChI is InChI=1S/C13H15NO5/c1-3-18-13(17)12(14-8-15)10-4-6-11(7-5-10)19-9(2)16/h4-8,12H,3H2,1-2H3,(H,14,15). The highest BCUT2D eigenvalue weighted by atomic mass is 16.5. The molecule has 1 unspecified atom stereocenters. The van der Waals surface area contributed by atoms with Gasteiger partial charge in [0.15, 0.2) is 6.04 Å². The van der Waals surface area contributed by atoms with Gasteiger partial charge in [-0.05, 0) is 24.6 Å². The molecule has 1 aromatic carbocycles. The van der Waals surface area contributed by atoms with Crippen LogP contribution in [0.25, 0.3) is 0 Å². The normalized spacial score (nSPS) is 11.3. The van der Waals surface area contributed by atoms with E-state index in [0.29, 0.717) is 17.7 Å². The Labute approximate surface area is 110 Å². The number of hydrogen-bond donors (Lipinski definition) is 1. The monoisotopic (exact) mass is 265 g/mol. The van der Waals surface area contributed by atoms with E-state index in [2.05, 4.69) is 5.32 Å². The van der Waals surface area contributed by atoms with Crippen molar-refractivity contribution >= 4 is 18.3 Å². The predicted octanol–water partition coefficient (Wildman–Crippen LogP) is 0.962. The highest BCUT2D eigenvalue weighted by Crippen LogP contribution is 2.19. The molecule has 0 aliphatic carbocycles. The molecule has 6 nitrogen and oxygen atoms in total. The molecule has 0 aliphatic rings. The molecule has 1 rings (SSSR count). The van der Waals surface area contributed by atoms with E-state index in [0.717, 1.165) is 0 Å². The quantitative estimate of drug-likeness (QED) is 0.470. The first-order valence-electron chi connectivity index (χ1n) is 5.73. The van der Waals surface area contributed by atoms with Crippen molar-refractivity contribution in [1.29, 1.82) is 0 Å². The number of esters is 2. The SMILES string of the molecule is CCOC(=O)C(NC=O)c1ccc(OC(C)=O)cc1. The van der Waals surface area contributed by atoms with Gasteiger partial charge in [0, 0.05) is 6.92 Å². The smallest absolute Gasteiger partial charge is 0.333 e. The first-order valence-corrected chi connectivity index (χ1v) is 5.73. The molecule has 0 aliphatic heterocycles. The van der Waals surface area contributed by atoms with Crippen LogP contribution < -0.4 is 10.1 Å². The minimum Gasteiger partial charge on any atom is -0.464 e. The molecule has 0 spiro atoms. The summed E-state index contributed by atoms with van der Waals surface area (Å²) in [7, 11) is 0. The fourth-order valence-corrected chi connectivity index (χ4v) is 1.49. The second kappa shape index (κ2) is 7.15. The third kappa shape index (κ3) is 4.42. The summed E-state index contributed by atoms with van der Waals surface area (Å²) >= 11 is 0. The van der Waals surface area contributed by atoms with Crippen LogP contribution in [0, 0.1) is 0 Å². The average Bonchev–Trinajstić information content (AvgIpc) is 2.36. The first-order chi connectivity index (χ1) is 9.08. The van der Waals surface area contributed by atoms with E-state index >= 15 is 0 Å². The van der Waals surface area contributed by atoms with Gasteiger partial charge in [-0.2, -0.15) is 0 Å². The van der Waals surface area contributed by atoms with E-state index in [-0.39, 0.29) is 6.61 Å². The Morgan fingerprint density at radius 2 is 1.95 bits per heavy atom. The van der Waals surface area contributed by atoms with E-state index in [1.165, 1.54) is 19.1 Å². The second-order valence-corrected chi connectivity index (χ2v) is 3.63. The van der Waals surface area contributed by atoms with Crippen molar-refractivity contribution in [2.45, 2.75) is 19.9 Å². The van der Waals surface area contributed by atoms with Gasteiger partial charge in [-0.25, -0.2) is 4.79 Å². The van der Waals surface area contributed by atoms with Gasteiger partial charge < -0.3 is 14.8 Å². The minimum absolute atomic E-state index is 0.224. The van der Waals surface area contributed by atoms with Crippen molar-refractivity contribution in [2.24, 2.45) is 0 Å². The third-order valence-electron chi connectivity index (χ3n) is 2.23. The van der Waals surface area contributed by atoms with Crippen LogP contribution >= 0.6 is 0 Å². The van der Waals surface area contributed by atoms with Crippen LogP contribution in [-0.2, 0) is 19.1 Å². The molecule has 0 fully saturated rings. The summed E-state index contributed by atoms with van der Waals surface area (Å²) in [6.45, 7) is 3.20. The summed E-state index contributed by atoms with van der Waals surface area (Å²) in [6.07, 6.45) is 0.432. The number of rotatable bonds is 6. The van der Waals surface area contributed by atoms with Crippen LogP contribution in [0.1, 0.15) is 25.5 Å². The number of carbonyl (C=O) groups excluding carboxylic acids is 3. The Balaban J connectivity index is 2.87. The molecular weight excluding hydrogens is 250 g/mol. The fourth-order valence-electron chi connectivity index (χ4n) is 1.49. The maximum atomic E-state index is 11.7. The largest absolute Gasteiger partial charge is 0.464 e. The van der Waals surface area contributed by atoms with E-state index in [9.17, 15) is 14.4 Å². The zero-order valence-electron chi connectivity index (χ0n) is 10.7. The summed E-state index contributed by atoms with van der Waals surface area (Å²) in [5, 5.41) is 2.38. The molecule has 0 aromatic heterocycles. The molecular formula is C13H15NO5. The Hall–Kier alpha value is -2.37. The Morgan fingerprint density at radius 1 is 1.32 bits per heavy atom. The molecule has 1 atom stereocenters. The van der Waals surface area contributed by atoms with Gasteiger partial charge in [0.25, 0.3) is 0 Å². The van der Waals surface area contributed by atoms with Crippen LogP contribution in [0.2, 0.25) is 0 Å². The van der Waals surface area contributed by atoms with E-state index in [4.69, 9.17) is 9.47 Å². The number of amides is 1. The summed E-state index contributed by atoms with van der Waals surface area (Å²) in [6, 6.07) is 5.36. The maximum absolute atomic E-state index is 11.7. The van der Waals surface area contributed by atoms with Crippen LogP contribution in [0.15, 0.2) is 24.3 Å². The first kappa shape index (κ1) is 14.7. The van der Waals surface area contributed by atoms with Crippen molar-refractivity contribution in [3.63, 3.8) is 0 Å². The van der Waals surface area contributed by atoms with Crippen molar-refractivity contribution in [3.05, 3.63) is 29.8 Å². The Kier molecular flexibility index (Phi) is 5.53. The Bertz CT molecular complexity index is 455. The molecule has 0 radical (unpaired) electrons. The van der Waals surface area contributed by atoms with Gasteiger partial charge in [0.2, 0.25) is 6.41 Å². The predicted molar refractivity (Wildman–Crippen MR) is 66.3 cm³/mol. The van der Waals surface area contributed by atoms with Crippen LogP contribution in [0.4, 0.5) is 0 Å². The second-order valence-electron chi connectivity index (χ2n) is 3.63. The molecule has 0 saturated carbocycles. The van der Waals surface area contributed by atoms with Crippen LogP contribution in [0.3, 0.4) is 0 Å². The molecule has 19 heavy (non-hydrogen) atoms. The molecule has 0 saturated heterocycles. The number of ether oxygens (including phenoxy) is 2. The number of nitrogens with one attached hydrogen (secondary N) is 1. The van der Waals surface area contributed by atoms with Gasteiger partial charge >= 0.3 is 11.9 Å². The molecule has 102 valence electrons. The maximum Gasteiger partial charge on any atom is 0.333 e. The molecule has 6 heteroatoms. The van der Waals surface area contributed by atoms with Crippen LogP contribution in [-0.4, -0.2) is 25.0 Å². The zero-order valence-corrected chi connectivity index (χ0v) is 10.7. The summed E-state index contributed by atoms with van der Waals surface area (Å²) in [5.74, 6) is -0.611. The van der Waals surface area contributed by atoms with Gasteiger partial charge in [0.05, 0.1) is 6.61 Å². The van der Waals surface area contributed by atoms with Gasteiger partial charge in [-0.3, -0.25) is 9.59 Å². The van der Waals surface area contributed by atoms with Gasteiger partial charge in [-0.1, -0.05) is 12.1 Å². The van der Waals surface area contributed by atoms with Crippen LogP contribution in [0.5, 0.6) is 5.75 Å². The average molecular weight is 265 g/mol. The fraction of sp³-hybridized carbons (Fsp3) is 0.308. The molecule has 1 aromatic rings. The lowest BCUT2D eigenvalue weighted by molar-refractivity contribution is -0.146. The highest BCUT2D eigenvalue weighted by molar-refractivity contribution is 5.80. The lowest BCUT2D eigenvalue weighted by Crippen LogP contribution is -2.29. The minimum atomic E-state index is -0.871. The number of carbonyl (C=O) groups is 3. The van der Waals surface area contributed by atoms with Gasteiger partial charge in [0.1, 0.15) is 5.75 Å². The zero-order chi connectivity index (χ0) is 14.3. The Morgan fingerprint density at radius 3 is 2.42 bits per heavy atom. The highest BCUT2D eigenvalue weighted by Gasteiger charge is 2.21. The van der Waals surface area contributed by atoms with Crippen molar-refractivity contribution in [3.8, 4) is 5.75 Å². The molecule has 1 N–H and O–H groups in total. The number of benzene rings is 1. The topological polar surface area (TPSA) is 81.7 Å². The third-order valence-corrected chi connectivity index (χ3v) is 2.23. The number of hydrogen-bond acceptors (Lipinski definition) is 5. The van der Waals surface area contributed by atoms with Gasteiger partial charge in [-0.15, -0.1) is 0 Å². The van der Waals surface area contributed by atoms with Crippen molar-refractivity contribution in [1.82, 2.24) is 5.32 Å². The summed E-state index contributed by atoms with van der Waals surface area (Å²) < 4.78 is 9.73. The molecule has 0 heterocycles. The van der Waals surface area contributed by atoms with E-state index in [1.807, 2.05) is 0 Å². The van der Waals surface area contributed by atoms with Crippen molar-refractivity contribution in [2.75, 3.05) is 6.61 Å². The van der Waals surface area contributed by atoms with E-state index < -0.39 is 18.0 Å². The lowest BCUT2D eigenvalue weighted by Gasteiger charge is -2.15. The molecule has 0 bridgehead atoms. The van der Waals surface area contributed by atoms with E-state index in [1.54, 1.807) is 19.1 Å².